The normalized spacial score (nSPS) is 21.6. The van der Waals surface area contributed by atoms with E-state index >= 15 is 0 Å². The number of aromatic nitrogens is 4. The van der Waals surface area contributed by atoms with Crippen molar-refractivity contribution < 1.29 is 4.79 Å². The van der Waals surface area contributed by atoms with Gasteiger partial charge in [0.25, 0.3) is 5.91 Å². The minimum Gasteiger partial charge on any atom is -0.367 e. The topological polar surface area (TPSA) is 91.2 Å². The third-order valence-corrected chi connectivity index (χ3v) is 8.63. The van der Waals surface area contributed by atoms with Crippen LogP contribution in [0.1, 0.15) is 70.3 Å². The molecule has 202 valence electrons. The largest absolute Gasteiger partial charge is 0.367 e. The Kier molecular flexibility index (Phi) is 6.29. The summed E-state index contributed by atoms with van der Waals surface area (Å²) in [6.07, 6.45) is 9.43. The molecule has 0 bridgehead atoms. The molecule has 1 spiro atoms. The van der Waals surface area contributed by atoms with Crippen molar-refractivity contribution in [1.29, 1.82) is 0 Å². The highest BCUT2D eigenvalue weighted by molar-refractivity contribution is 5.99. The highest BCUT2D eigenvalue weighted by Gasteiger charge is 2.42. The Morgan fingerprint density at radius 2 is 1.95 bits per heavy atom. The first kappa shape index (κ1) is 25.1. The molecule has 3 aromatic rings. The van der Waals surface area contributed by atoms with Gasteiger partial charge in [0, 0.05) is 43.8 Å². The number of nitrogens with one attached hydrogen (secondary N) is 2. The molecule has 1 saturated carbocycles. The van der Waals surface area contributed by atoms with Crippen molar-refractivity contribution in [2.45, 2.75) is 71.4 Å². The zero-order chi connectivity index (χ0) is 26.5. The molecule has 38 heavy (non-hydrogen) atoms. The fraction of sp³-hybridized carbons (Fsp3) is 0.586. The molecule has 1 atom stereocenters. The second-order valence-electron chi connectivity index (χ2n) is 12.6. The molecule has 0 aromatic carbocycles. The van der Waals surface area contributed by atoms with E-state index in [0.29, 0.717) is 35.5 Å². The van der Waals surface area contributed by atoms with Gasteiger partial charge in [-0.2, -0.15) is 4.98 Å². The average molecular weight is 517 g/mol. The van der Waals surface area contributed by atoms with Crippen LogP contribution in [0.5, 0.6) is 0 Å². The summed E-state index contributed by atoms with van der Waals surface area (Å²) in [5, 5.41) is 7.28. The van der Waals surface area contributed by atoms with Crippen molar-refractivity contribution in [3.8, 4) is 0 Å². The zero-order valence-corrected chi connectivity index (χ0v) is 23.1. The van der Waals surface area contributed by atoms with E-state index in [-0.39, 0.29) is 11.4 Å². The maximum absolute atomic E-state index is 12.6. The van der Waals surface area contributed by atoms with Crippen molar-refractivity contribution in [3.05, 3.63) is 36.3 Å². The van der Waals surface area contributed by atoms with Gasteiger partial charge in [0.2, 0.25) is 5.95 Å². The van der Waals surface area contributed by atoms with Gasteiger partial charge in [-0.15, -0.1) is 0 Å². The number of rotatable bonds is 5. The molecule has 5 heterocycles. The molecule has 9 nitrogen and oxygen atoms in total. The number of pyridine rings is 1. The monoisotopic (exact) mass is 516 g/mol. The van der Waals surface area contributed by atoms with Crippen LogP contribution in [-0.4, -0.2) is 69.1 Å². The van der Waals surface area contributed by atoms with Gasteiger partial charge in [-0.25, -0.2) is 9.97 Å². The lowest BCUT2D eigenvalue weighted by Gasteiger charge is -2.41. The fourth-order valence-electron chi connectivity index (χ4n) is 6.35. The number of fused-ring (bicyclic) bond motifs is 4. The molecule has 1 unspecified atom stereocenters. The minimum atomic E-state index is -0.0789. The molecule has 0 radical (unpaired) electrons. The highest BCUT2D eigenvalue weighted by atomic mass is 16.2. The van der Waals surface area contributed by atoms with Crippen molar-refractivity contribution >= 4 is 34.4 Å². The number of carbonyl (C=O) groups excluding carboxylic acids is 1. The Bertz CT molecular complexity index is 1320. The first-order valence-corrected chi connectivity index (χ1v) is 14.1. The second-order valence-corrected chi connectivity index (χ2v) is 12.6. The minimum absolute atomic E-state index is 0.0309. The van der Waals surface area contributed by atoms with Gasteiger partial charge in [-0.05, 0) is 56.3 Å². The summed E-state index contributed by atoms with van der Waals surface area (Å²) in [6.45, 7) is 14.2. The van der Waals surface area contributed by atoms with Crippen LogP contribution >= 0.6 is 0 Å². The van der Waals surface area contributed by atoms with Crippen molar-refractivity contribution in [1.82, 2.24) is 29.7 Å². The molecule has 2 aliphatic heterocycles. The Hall–Kier alpha value is -3.20. The predicted molar refractivity (Wildman–Crippen MR) is 151 cm³/mol. The number of piperazine rings is 1. The van der Waals surface area contributed by atoms with Gasteiger partial charge >= 0.3 is 0 Å². The third-order valence-electron chi connectivity index (χ3n) is 8.63. The molecule has 1 amide bonds. The maximum Gasteiger partial charge on any atom is 0.268 e. The summed E-state index contributed by atoms with van der Waals surface area (Å²) in [7, 11) is 0. The van der Waals surface area contributed by atoms with Crippen LogP contribution in [0.25, 0.3) is 11.0 Å². The molecule has 1 saturated heterocycles. The first-order valence-electron chi connectivity index (χ1n) is 14.1. The van der Waals surface area contributed by atoms with Gasteiger partial charge < -0.3 is 20.1 Å². The van der Waals surface area contributed by atoms with Crippen LogP contribution < -0.4 is 15.5 Å². The predicted octanol–water partition coefficient (Wildman–Crippen LogP) is 4.53. The summed E-state index contributed by atoms with van der Waals surface area (Å²) >= 11 is 0. The summed E-state index contributed by atoms with van der Waals surface area (Å²) in [4.78, 5) is 31.7. The van der Waals surface area contributed by atoms with Crippen molar-refractivity contribution in [2.24, 2.45) is 5.41 Å². The summed E-state index contributed by atoms with van der Waals surface area (Å²) in [5.74, 6) is 1.18. The Labute approximate surface area is 225 Å². The molecule has 3 aliphatic rings. The summed E-state index contributed by atoms with van der Waals surface area (Å²) in [5.41, 5.74) is 2.94. The molecular weight excluding hydrogens is 476 g/mol. The van der Waals surface area contributed by atoms with E-state index in [1.165, 1.54) is 19.3 Å². The molecular formula is C29H40N8O. The van der Waals surface area contributed by atoms with Gasteiger partial charge in [0.15, 0.2) is 0 Å². The fourth-order valence-corrected chi connectivity index (χ4v) is 6.35. The van der Waals surface area contributed by atoms with E-state index in [2.05, 4.69) is 68.7 Å². The van der Waals surface area contributed by atoms with Crippen molar-refractivity contribution in [2.75, 3.05) is 42.9 Å². The smallest absolute Gasteiger partial charge is 0.268 e. The maximum atomic E-state index is 12.6. The van der Waals surface area contributed by atoms with E-state index in [9.17, 15) is 4.79 Å². The van der Waals surface area contributed by atoms with E-state index in [4.69, 9.17) is 4.98 Å². The van der Waals surface area contributed by atoms with Crippen LogP contribution in [0.4, 0.5) is 17.5 Å². The summed E-state index contributed by atoms with van der Waals surface area (Å²) < 4.78 is 2.18. The van der Waals surface area contributed by atoms with Crippen LogP contribution in [-0.2, 0) is 5.54 Å². The van der Waals surface area contributed by atoms with Gasteiger partial charge in [-0.1, -0.05) is 33.6 Å². The standard InChI is InChI=1S/C29H40N8O/c1-20-18-36(14-13-35(20)12-11-28(2,3)4)22-7-8-24(30-17-22)33-27-31-16-21-15-23-26(38)32-19-29(9-5-6-10-29)37(23)25(21)34-27/h7-8,15-17,20H,5-6,9-14,18-19H2,1-4H3,(H,32,38)(H,30,31,33,34). The van der Waals surface area contributed by atoms with E-state index in [0.717, 1.165) is 55.7 Å². The lowest BCUT2D eigenvalue weighted by molar-refractivity contribution is 0.0876. The van der Waals surface area contributed by atoms with Crippen LogP contribution in [0.15, 0.2) is 30.6 Å². The van der Waals surface area contributed by atoms with E-state index in [1.54, 1.807) is 6.20 Å². The SMILES string of the molecule is CC1CN(c2ccc(Nc3ncc4cc5n(c4n3)C3(CCCC3)CNC5=O)nc2)CCN1CCC(C)(C)C. The quantitative estimate of drug-likeness (QED) is 0.515. The summed E-state index contributed by atoms with van der Waals surface area (Å²) in [6, 6.07) is 6.56. The molecule has 2 N–H and O–H groups in total. The van der Waals surface area contributed by atoms with E-state index in [1.807, 2.05) is 18.3 Å². The molecule has 6 rings (SSSR count). The van der Waals surface area contributed by atoms with Crippen molar-refractivity contribution in [3.63, 3.8) is 0 Å². The average Bonchev–Trinajstić information content (AvgIpc) is 3.51. The van der Waals surface area contributed by atoms with Gasteiger partial charge in [0.05, 0.1) is 17.4 Å². The van der Waals surface area contributed by atoms with Crippen LogP contribution in [0.2, 0.25) is 0 Å². The molecule has 9 heteroatoms. The number of hydrogen-bond acceptors (Lipinski definition) is 7. The first-order chi connectivity index (χ1) is 18.2. The third kappa shape index (κ3) is 4.72. The Morgan fingerprint density at radius 1 is 1.13 bits per heavy atom. The number of carbonyl (C=O) groups is 1. The molecule has 3 aromatic heterocycles. The highest BCUT2D eigenvalue weighted by Crippen LogP contribution is 2.41. The van der Waals surface area contributed by atoms with Crippen LogP contribution in [0.3, 0.4) is 0 Å². The lowest BCUT2D eigenvalue weighted by atomic mass is 9.92. The van der Waals surface area contributed by atoms with Crippen LogP contribution in [0, 0.1) is 5.41 Å². The molecule has 2 fully saturated rings. The van der Waals surface area contributed by atoms with Gasteiger partial charge in [-0.3, -0.25) is 9.69 Å². The lowest BCUT2D eigenvalue weighted by Crippen LogP contribution is -2.52. The molecule has 1 aliphatic carbocycles. The Balaban J connectivity index is 1.16. The Morgan fingerprint density at radius 3 is 2.66 bits per heavy atom. The second kappa shape index (κ2) is 9.52. The number of amides is 1. The van der Waals surface area contributed by atoms with E-state index < -0.39 is 0 Å². The number of nitrogens with zero attached hydrogens (tertiary/aromatic N) is 6. The number of anilines is 3. The number of hydrogen-bond donors (Lipinski definition) is 2. The zero-order valence-electron chi connectivity index (χ0n) is 23.1. The van der Waals surface area contributed by atoms with Gasteiger partial charge in [0.1, 0.15) is 17.2 Å².